The topological polar surface area (TPSA) is 20.3 Å². The lowest BCUT2D eigenvalue weighted by molar-refractivity contribution is -0.129. The molecular weight excluding hydrogens is 270 g/mol. The Morgan fingerprint density at radius 2 is 1.86 bits per heavy atom. The number of hydrogen-bond acceptors (Lipinski definition) is 1. The third-order valence-electron chi connectivity index (χ3n) is 5.55. The van der Waals surface area contributed by atoms with Gasteiger partial charge in [0.15, 0.2) is 0 Å². The smallest absolute Gasteiger partial charge is 0.230 e. The summed E-state index contributed by atoms with van der Waals surface area (Å²) in [7, 11) is 0. The minimum absolute atomic E-state index is 0.202. The van der Waals surface area contributed by atoms with Crippen molar-refractivity contribution in [3.05, 3.63) is 47.7 Å². The van der Waals surface area contributed by atoms with Gasteiger partial charge in [0, 0.05) is 18.7 Å². The molecule has 1 fully saturated rings. The van der Waals surface area contributed by atoms with Crippen molar-refractivity contribution in [2.75, 3.05) is 6.54 Å². The number of nitrogens with zero attached hydrogens (tertiary/aromatic N) is 1. The summed E-state index contributed by atoms with van der Waals surface area (Å²) in [4.78, 5) is 14.6. The highest BCUT2D eigenvalue weighted by Gasteiger charge is 2.41. The van der Waals surface area contributed by atoms with Crippen molar-refractivity contribution in [2.45, 2.75) is 46.0 Å². The molecule has 3 rings (SSSR count). The van der Waals surface area contributed by atoms with Crippen LogP contribution in [0.4, 0.5) is 0 Å². The van der Waals surface area contributed by atoms with Gasteiger partial charge in [0.05, 0.1) is 0 Å². The van der Waals surface area contributed by atoms with E-state index in [0.717, 1.165) is 31.7 Å². The molecule has 0 aromatic heterocycles. The Bertz CT molecular complexity index is 559. The Labute approximate surface area is 134 Å². The highest BCUT2D eigenvalue weighted by Crippen LogP contribution is 2.36. The van der Waals surface area contributed by atoms with Crippen LogP contribution in [0.2, 0.25) is 0 Å². The fourth-order valence-corrected chi connectivity index (χ4v) is 3.96. The molecule has 0 N–H and O–H groups in total. The number of carbonyl (C=O) groups is 1. The molecule has 0 bridgehead atoms. The van der Waals surface area contributed by atoms with Crippen LogP contribution in [0, 0.1) is 17.8 Å². The van der Waals surface area contributed by atoms with Crippen LogP contribution in [-0.4, -0.2) is 17.4 Å². The summed E-state index contributed by atoms with van der Waals surface area (Å²) < 4.78 is 0. The van der Waals surface area contributed by atoms with Crippen LogP contribution >= 0.6 is 0 Å². The Hall–Kier alpha value is -1.57. The van der Waals surface area contributed by atoms with E-state index in [1.807, 2.05) is 4.90 Å². The zero-order chi connectivity index (χ0) is 15.5. The van der Waals surface area contributed by atoms with E-state index < -0.39 is 0 Å². The van der Waals surface area contributed by atoms with Gasteiger partial charge < -0.3 is 4.90 Å². The van der Waals surface area contributed by atoms with Crippen LogP contribution in [0.1, 0.15) is 44.2 Å². The molecule has 1 aromatic carbocycles. The molecule has 2 nitrogen and oxygen atoms in total. The molecule has 1 aliphatic heterocycles. The van der Waals surface area contributed by atoms with Crippen molar-refractivity contribution >= 4 is 5.91 Å². The van der Waals surface area contributed by atoms with Gasteiger partial charge in [0.1, 0.15) is 0 Å². The lowest BCUT2D eigenvalue weighted by atomic mass is 9.78. The minimum atomic E-state index is 0.202. The fraction of sp³-hybridized carbons (Fsp3) is 0.550. The molecule has 2 heteroatoms. The summed E-state index contributed by atoms with van der Waals surface area (Å²) in [6, 6.07) is 8.61. The van der Waals surface area contributed by atoms with Crippen molar-refractivity contribution in [3.8, 4) is 0 Å². The van der Waals surface area contributed by atoms with Crippen LogP contribution in [0.3, 0.4) is 0 Å². The third kappa shape index (κ3) is 2.97. The average molecular weight is 297 g/mol. The Balaban J connectivity index is 1.65. The first kappa shape index (κ1) is 15.3. The zero-order valence-electron chi connectivity index (χ0n) is 13.8. The molecule has 1 heterocycles. The first-order valence-corrected chi connectivity index (χ1v) is 8.76. The summed E-state index contributed by atoms with van der Waals surface area (Å²) in [6.07, 6.45) is 9.78. The molecule has 118 valence electrons. The van der Waals surface area contributed by atoms with Gasteiger partial charge in [-0.15, -0.1) is 0 Å². The quantitative estimate of drug-likeness (QED) is 0.797. The van der Waals surface area contributed by atoms with E-state index in [9.17, 15) is 4.79 Å². The van der Waals surface area contributed by atoms with Crippen LogP contribution < -0.4 is 0 Å². The van der Waals surface area contributed by atoms with Crippen molar-refractivity contribution in [2.24, 2.45) is 17.8 Å². The van der Waals surface area contributed by atoms with Crippen LogP contribution in [0.15, 0.2) is 36.5 Å². The highest BCUT2D eigenvalue weighted by atomic mass is 16.2. The maximum absolute atomic E-state index is 12.6. The summed E-state index contributed by atoms with van der Waals surface area (Å²) in [6.45, 7) is 5.39. The number of fused-ring (bicyclic) bond motifs is 2. The zero-order valence-corrected chi connectivity index (χ0v) is 13.8. The molecule has 2 atom stereocenters. The van der Waals surface area contributed by atoms with E-state index in [1.165, 1.54) is 24.0 Å². The number of allylic oxidation sites excluding steroid dienone is 1. The lowest BCUT2D eigenvalue weighted by Crippen LogP contribution is -2.27. The predicted octanol–water partition coefficient (Wildman–Crippen LogP) is 4.20. The number of hydrogen-bond donors (Lipinski definition) is 0. The summed E-state index contributed by atoms with van der Waals surface area (Å²) in [5.74, 6) is 1.79. The molecule has 2 unspecified atom stereocenters. The van der Waals surface area contributed by atoms with Gasteiger partial charge in [-0.2, -0.15) is 0 Å². The second-order valence-corrected chi connectivity index (χ2v) is 6.84. The first-order chi connectivity index (χ1) is 10.7. The molecule has 22 heavy (non-hydrogen) atoms. The Morgan fingerprint density at radius 1 is 1.18 bits per heavy atom. The van der Waals surface area contributed by atoms with Gasteiger partial charge in [-0.25, -0.2) is 0 Å². The van der Waals surface area contributed by atoms with Crippen molar-refractivity contribution in [1.82, 2.24) is 4.90 Å². The summed E-state index contributed by atoms with van der Waals surface area (Å²) in [5.41, 5.74) is 2.82. The van der Waals surface area contributed by atoms with Gasteiger partial charge in [-0.3, -0.25) is 4.79 Å². The molecule has 1 amide bonds. The first-order valence-electron chi connectivity index (χ1n) is 8.76. The number of likely N-dealkylation sites (tertiary alicyclic amines) is 1. The van der Waals surface area contributed by atoms with E-state index >= 15 is 0 Å². The number of benzene rings is 1. The standard InChI is InChI=1S/C20H27NO/c1-3-15(4-2)8-7-11-21-14-18-12-16-9-5-6-10-17(16)13-19(18)20(21)22/h5-7,9-11,15,18-19H,3-4,8,12-14H2,1-2H3/b11-7+. The molecule has 1 aromatic rings. The molecule has 0 saturated carbocycles. The normalized spacial score (nSPS) is 24.1. The lowest BCUT2D eigenvalue weighted by Gasteiger charge is -2.24. The maximum Gasteiger partial charge on any atom is 0.230 e. The Kier molecular flexibility index (Phi) is 4.66. The summed E-state index contributed by atoms with van der Waals surface area (Å²) >= 11 is 0. The molecule has 0 radical (unpaired) electrons. The van der Waals surface area contributed by atoms with Crippen LogP contribution in [0.25, 0.3) is 0 Å². The van der Waals surface area contributed by atoms with Crippen molar-refractivity contribution in [1.29, 1.82) is 0 Å². The Morgan fingerprint density at radius 3 is 2.55 bits per heavy atom. The predicted molar refractivity (Wildman–Crippen MR) is 90.4 cm³/mol. The van der Waals surface area contributed by atoms with Crippen molar-refractivity contribution < 1.29 is 4.79 Å². The highest BCUT2D eigenvalue weighted by molar-refractivity contribution is 5.83. The SMILES string of the molecule is CCC(CC)C/C=C/N1CC2Cc3ccccc3CC2C1=O. The van der Waals surface area contributed by atoms with E-state index in [1.54, 1.807) is 0 Å². The van der Waals surface area contributed by atoms with Crippen LogP contribution in [-0.2, 0) is 17.6 Å². The van der Waals surface area contributed by atoms with Crippen LogP contribution in [0.5, 0.6) is 0 Å². The number of amides is 1. The van der Waals surface area contributed by atoms with Gasteiger partial charge in [0.25, 0.3) is 0 Å². The van der Waals surface area contributed by atoms with E-state index in [2.05, 4.69) is 50.4 Å². The second kappa shape index (κ2) is 6.68. The monoisotopic (exact) mass is 297 g/mol. The third-order valence-corrected chi connectivity index (χ3v) is 5.55. The van der Waals surface area contributed by atoms with E-state index in [-0.39, 0.29) is 5.92 Å². The number of carbonyl (C=O) groups excluding carboxylic acids is 1. The van der Waals surface area contributed by atoms with E-state index in [0.29, 0.717) is 11.8 Å². The average Bonchev–Trinajstić information content (AvgIpc) is 2.85. The van der Waals surface area contributed by atoms with Gasteiger partial charge in [-0.05, 0) is 42.2 Å². The molecule has 1 saturated heterocycles. The van der Waals surface area contributed by atoms with Gasteiger partial charge in [-0.1, -0.05) is 57.0 Å². The molecular formula is C20H27NO. The second-order valence-electron chi connectivity index (χ2n) is 6.84. The van der Waals surface area contributed by atoms with Crippen molar-refractivity contribution in [3.63, 3.8) is 0 Å². The van der Waals surface area contributed by atoms with Gasteiger partial charge >= 0.3 is 0 Å². The molecule has 2 aliphatic rings. The largest absolute Gasteiger partial charge is 0.319 e. The van der Waals surface area contributed by atoms with E-state index in [4.69, 9.17) is 0 Å². The van der Waals surface area contributed by atoms with Gasteiger partial charge in [0.2, 0.25) is 5.91 Å². The molecule has 1 aliphatic carbocycles. The number of rotatable bonds is 5. The minimum Gasteiger partial charge on any atom is -0.319 e. The maximum atomic E-state index is 12.6. The summed E-state index contributed by atoms with van der Waals surface area (Å²) in [5, 5.41) is 0. The molecule has 0 spiro atoms. The fourth-order valence-electron chi connectivity index (χ4n) is 3.96.